The molecule has 0 spiro atoms. The lowest BCUT2D eigenvalue weighted by atomic mass is 10.1. The highest BCUT2D eigenvalue weighted by atomic mass is 16.1. The number of rotatable bonds is 1. The van der Waals surface area contributed by atoms with Crippen LogP contribution in [0.25, 0.3) is 10.9 Å². The zero-order chi connectivity index (χ0) is 12.7. The molecule has 18 heavy (non-hydrogen) atoms. The number of hydrogen-bond donors (Lipinski definition) is 0. The lowest BCUT2D eigenvalue weighted by Gasteiger charge is -2.19. The standard InChI is InChI=1S/C15H18N2O/c1-11-6-5-7-12-10-13(17-8-3-4-9-17)15(18)16(2)14(11)12/h5-7,10H,3-4,8-9H2,1-2H3. The number of fused-ring (bicyclic) bond motifs is 1. The van der Waals surface area contributed by atoms with Crippen molar-refractivity contribution in [2.75, 3.05) is 18.0 Å². The van der Waals surface area contributed by atoms with Gasteiger partial charge in [-0.2, -0.15) is 0 Å². The van der Waals surface area contributed by atoms with Crippen LogP contribution in [-0.2, 0) is 7.05 Å². The molecule has 2 aromatic rings. The Kier molecular flexibility index (Phi) is 2.62. The Labute approximate surface area is 107 Å². The summed E-state index contributed by atoms with van der Waals surface area (Å²) in [6.45, 7) is 4.07. The highest BCUT2D eigenvalue weighted by Gasteiger charge is 2.17. The molecule has 0 amide bonds. The highest BCUT2D eigenvalue weighted by molar-refractivity contribution is 5.85. The van der Waals surface area contributed by atoms with Crippen LogP contribution in [0, 0.1) is 6.92 Å². The third-order valence-corrected chi connectivity index (χ3v) is 3.87. The normalized spacial score (nSPS) is 15.6. The van der Waals surface area contributed by atoms with E-state index in [1.807, 2.05) is 7.05 Å². The molecule has 0 aliphatic carbocycles. The van der Waals surface area contributed by atoms with Gasteiger partial charge in [-0.05, 0) is 31.4 Å². The van der Waals surface area contributed by atoms with Crippen LogP contribution in [0.15, 0.2) is 29.1 Å². The van der Waals surface area contributed by atoms with E-state index in [9.17, 15) is 4.79 Å². The molecular formula is C15H18N2O. The van der Waals surface area contributed by atoms with Gasteiger partial charge in [0.25, 0.3) is 5.56 Å². The molecule has 0 unspecified atom stereocenters. The smallest absolute Gasteiger partial charge is 0.274 e. The minimum Gasteiger partial charge on any atom is -0.367 e. The van der Waals surface area contributed by atoms with Crippen molar-refractivity contribution in [1.82, 2.24) is 4.57 Å². The average molecular weight is 242 g/mol. The van der Waals surface area contributed by atoms with Gasteiger partial charge in [0, 0.05) is 25.5 Å². The first kappa shape index (κ1) is 11.3. The zero-order valence-corrected chi connectivity index (χ0v) is 10.9. The van der Waals surface area contributed by atoms with Crippen LogP contribution in [0.1, 0.15) is 18.4 Å². The van der Waals surface area contributed by atoms with Gasteiger partial charge < -0.3 is 9.47 Å². The lowest BCUT2D eigenvalue weighted by molar-refractivity contribution is 0.870. The van der Waals surface area contributed by atoms with Crippen LogP contribution in [0.4, 0.5) is 5.69 Å². The number of benzene rings is 1. The molecule has 1 aromatic carbocycles. The minimum absolute atomic E-state index is 0.124. The van der Waals surface area contributed by atoms with Crippen LogP contribution in [-0.4, -0.2) is 17.7 Å². The monoisotopic (exact) mass is 242 g/mol. The summed E-state index contributed by atoms with van der Waals surface area (Å²) in [5.41, 5.74) is 3.18. The van der Waals surface area contributed by atoms with Crippen molar-refractivity contribution in [2.45, 2.75) is 19.8 Å². The van der Waals surface area contributed by atoms with Crippen molar-refractivity contribution in [1.29, 1.82) is 0 Å². The zero-order valence-electron chi connectivity index (χ0n) is 10.9. The van der Waals surface area contributed by atoms with Gasteiger partial charge in [0.1, 0.15) is 5.69 Å². The van der Waals surface area contributed by atoms with Crippen LogP contribution in [0.5, 0.6) is 0 Å². The summed E-state index contributed by atoms with van der Waals surface area (Å²) in [6, 6.07) is 8.24. The van der Waals surface area contributed by atoms with Crippen molar-refractivity contribution in [2.24, 2.45) is 7.05 Å². The Hall–Kier alpha value is -1.77. The number of pyridine rings is 1. The topological polar surface area (TPSA) is 25.2 Å². The van der Waals surface area contributed by atoms with Crippen molar-refractivity contribution >= 4 is 16.6 Å². The summed E-state index contributed by atoms with van der Waals surface area (Å²) in [7, 11) is 1.87. The number of para-hydroxylation sites is 1. The van der Waals surface area contributed by atoms with Crippen LogP contribution in [0.2, 0.25) is 0 Å². The van der Waals surface area contributed by atoms with E-state index >= 15 is 0 Å². The first-order chi connectivity index (χ1) is 8.68. The van der Waals surface area contributed by atoms with Crippen LogP contribution in [0.3, 0.4) is 0 Å². The fourth-order valence-corrected chi connectivity index (χ4v) is 2.92. The summed E-state index contributed by atoms with van der Waals surface area (Å²) < 4.78 is 1.79. The van der Waals surface area contributed by atoms with Crippen molar-refractivity contribution in [3.05, 3.63) is 40.2 Å². The van der Waals surface area contributed by atoms with Crippen molar-refractivity contribution in [3.63, 3.8) is 0 Å². The first-order valence-electron chi connectivity index (χ1n) is 6.53. The third kappa shape index (κ3) is 1.62. The molecule has 3 nitrogen and oxygen atoms in total. The number of anilines is 1. The molecule has 0 N–H and O–H groups in total. The number of hydrogen-bond acceptors (Lipinski definition) is 2. The molecule has 1 aromatic heterocycles. The van der Waals surface area contributed by atoms with Gasteiger partial charge in [0.05, 0.1) is 5.52 Å². The molecule has 94 valence electrons. The molecule has 0 atom stereocenters. The predicted octanol–water partition coefficient (Wildman–Crippen LogP) is 2.45. The molecule has 0 radical (unpaired) electrons. The number of aryl methyl sites for hydroxylation is 2. The maximum atomic E-state index is 12.4. The van der Waals surface area contributed by atoms with E-state index in [1.165, 1.54) is 12.8 Å². The maximum absolute atomic E-state index is 12.4. The SMILES string of the molecule is Cc1cccc2cc(N3CCCC3)c(=O)n(C)c12. The van der Waals surface area contributed by atoms with Crippen LogP contribution < -0.4 is 10.5 Å². The third-order valence-electron chi connectivity index (χ3n) is 3.87. The van der Waals surface area contributed by atoms with Gasteiger partial charge >= 0.3 is 0 Å². The van der Waals surface area contributed by atoms with Gasteiger partial charge in [0.15, 0.2) is 0 Å². The molecule has 2 heterocycles. The Balaban J connectivity index is 2.29. The Morgan fingerprint density at radius 1 is 1.17 bits per heavy atom. The Bertz CT molecular complexity index is 651. The van der Waals surface area contributed by atoms with E-state index < -0.39 is 0 Å². The summed E-state index contributed by atoms with van der Waals surface area (Å²) in [5.74, 6) is 0. The van der Waals surface area contributed by atoms with E-state index in [1.54, 1.807) is 4.57 Å². The van der Waals surface area contributed by atoms with E-state index in [4.69, 9.17) is 0 Å². The fourth-order valence-electron chi connectivity index (χ4n) is 2.92. The summed E-state index contributed by atoms with van der Waals surface area (Å²) in [6.07, 6.45) is 2.38. The average Bonchev–Trinajstić information content (AvgIpc) is 2.87. The van der Waals surface area contributed by atoms with E-state index in [0.717, 1.165) is 35.2 Å². The van der Waals surface area contributed by atoms with Crippen LogP contribution >= 0.6 is 0 Å². The molecule has 1 aliphatic heterocycles. The molecule has 0 saturated carbocycles. The predicted molar refractivity (Wildman–Crippen MR) is 75.4 cm³/mol. The second-order valence-corrected chi connectivity index (χ2v) is 5.10. The van der Waals surface area contributed by atoms with Gasteiger partial charge in [-0.3, -0.25) is 4.79 Å². The summed E-state index contributed by atoms with van der Waals surface area (Å²) >= 11 is 0. The summed E-state index contributed by atoms with van der Waals surface area (Å²) in [4.78, 5) is 14.7. The van der Waals surface area contributed by atoms with Crippen molar-refractivity contribution < 1.29 is 0 Å². The number of nitrogens with zero attached hydrogens (tertiary/aromatic N) is 2. The van der Waals surface area contributed by atoms with Gasteiger partial charge in [-0.1, -0.05) is 18.2 Å². The molecule has 0 bridgehead atoms. The Morgan fingerprint density at radius 3 is 2.61 bits per heavy atom. The van der Waals surface area contributed by atoms with E-state index in [2.05, 4.69) is 36.1 Å². The molecule has 3 rings (SSSR count). The lowest BCUT2D eigenvalue weighted by Crippen LogP contribution is -2.29. The Morgan fingerprint density at radius 2 is 1.89 bits per heavy atom. The fraction of sp³-hybridized carbons (Fsp3) is 0.400. The first-order valence-corrected chi connectivity index (χ1v) is 6.53. The minimum atomic E-state index is 0.124. The molecule has 1 fully saturated rings. The van der Waals surface area contributed by atoms with Gasteiger partial charge in [0.2, 0.25) is 0 Å². The quantitative estimate of drug-likeness (QED) is 0.767. The van der Waals surface area contributed by atoms with E-state index in [0.29, 0.717) is 0 Å². The van der Waals surface area contributed by atoms with E-state index in [-0.39, 0.29) is 5.56 Å². The highest BCUT2D eigenvalue weighted by Crippen LogP contribution is 2.23. The second-order valence-electron chi connectivity index (χ2n) is 5.10. The maximum Gasteiger partial charge on any atom is 0.274 e. The molecule has 1 aliphatic rings. The van der Waals surface area contributed by atoms with Gasteiger partial charge in [-0.15, -0.1) is 0 Å². The van der Waals surface area contributed by atoms with Gasteiger partial charge in [-0.25, -0.2) is 0 Å². The second kappa shape index (κ2) is 4.16. The van der Waals surface area contributed by atoms with Crippen molar-refractivity contribution in [3.8, 4) is 0 Å². The molecule has 1 saturated heterocycles. The largest absolute Gasteiger partial charge is 0.367 e. The summed E-state index contributed by atoms with van der Waals surface area (Å²) in [5, 5.41) is 1.15. The molecular weight excluding hydrogens is 224 g/mol. The number of aromatic nitrogens is 1. The molecule has 3 heteroatoms.